The Morgan fingerprint density at radius 3 is 0.943 bits per heavy atom. The predicted molar refractivity (Wildman–Crippen MR) is 230 cm³/mol. The first-order valence-electron chi connectivity index (χ1n) is 23.4. The molecule has 0 fully saturated rings. The van der Waals surface area contributed by atoms with Crippen LogP contribution in [0, 0.1) is 17.8 Å². The molecule has 0 aliphatic carbocycles. The summed E-state index contributed by atoms with van der Waals surface area (Å²) in [4.78, 5) is 0. The highest BCUT2D eigenvalue weighted by molar-refractivity contribution is 6.60. The lowest BCUT2D eigenvalue weighted by Crippen LogP contribution is -2.47. The van der Waals surface area contributed by atoms with Crippen molar-refractivity contribution in [2.45, 2.75) is 208 Å². The molecule has 0 heterocycles. The Bertz CT molecular complexity index is 620. The van der Waals surface area contributed by atoms with Crippen molar-refractivity contribution in [1.29, 1.82) is 0 Å². The molecule has 53 heavy (non-hydrogen) atoms. The molecule has 7 nitrogen and oxygen atoms in total. The molecule has 0 aromatic rings. The van der Waals surface area contributed by atoms with Gasteiger partial charge in [0.25, 0.3) is 0 Å². The van der Waals surface area contributed by atoms with Crippen molar-refractivity contribution in [1.82, 2.24) is 0 Å². The fourth-order valence-corrected chi connectivity index (χ4v) is 9.45. The maximum Gasteiger partial charge on any atom is 0.501 e. The topological polar surface area (TPSA) is 81.4 Å². The van der Waals surface area contributed by atoms with E-state index in [2.05, 4.69) is 41.5 Å². The molecule has 8 heteroatoms. The van der Waals surface area contributed by atoms with Gasteiger partial charge in [0, 0.05) is 65.5 Å². The molecule has 0 radical (unpaired) electrons. The zero-order chi connectivity index (χ0) is 38.9. The van der Waals surface area contributed by atoms with Crippen LogP contribution in [0.1, 0.15) is 202 Å². The van der Waals surface area contributed by atoms with Gasteiger partial charge in [-0.25, -0.2) is 0 Å². The molecule has 0 saturated carbocycles. The van der Waals surface area contributed by atoms with Gasteiger partial charge in [0.15, 0.2) is 0 Å². The molecule has 0 aliphatic rings. The van der Waals surface area contributed by atoms with Crippen molar-refractivity contribution in [2.75, 3.05) is 66.0 Å². The van der Waals surface area contributed by atoms with E-state index in [1.165, 1.54) is 96.3 Å². The summed E-state index contributed by atoms with van der Waals surface area (Å²) in [7, 11) is -2.80. The average Bonchev–Trinajstić information content (AvgIpc) is 3.18. The monoisotopic (exact) mass is 774 g/mol. The van der Waals surface area contributed by atoms with E-state index in [0.717, 1.165) is 128 Å². The third kappa shape index (κ3) is 33.8. The van der Waals surface area contributed by atoms with Gasteiger partial charge in [-0.15, -0.1) is 0 Å². The highest BCUT2D eigenvalue weighted by atomic mass is 28.4. The van der Waals surface area contributed by atoms with Gasteiger partial charge in [-0.1, -0.05) is 138 Å². The Labute approximate surface area is 333 Å². The van der Waals surface area contributed by atoms with Crippen LogP contribution in [0.15, 0.2) is 0 Å². The van der Waals surface area contributed by atoms with Gasteiger partial charge in [0.05, 0.1) is 0 Å². The normalized spacial score (nSPS) is 14.8. The molecule has 320 valence electrons. The number of nitrogens with two attached hydrogens (primary N) is 1. The first-order chi connectivity index (χ1) is 26.0. The second-order valence-electron chi connectivity index (χ2n) is 15.8. The van der Waals surface area contributed by atoms with Gasteiger partial charge >= 0.3 is 8.80 Å². The van der Waals surface area contributed by atoms with Crippen molar-refractivity contribution >= 4 is 8.80 Å². The number of unbranched alkanes of at least 4 members (excludes halogenated alkanes) is 12. The van der Waals surface area contributed by atoms with E-state index in [-0.39, 0.29) is 0 Å². The lowest BCUT2D eigenvalue weighted by atomic mass is 10.0. The molecule has 0 saturated heterocycles. The first-order valence-corrected chi connectivity index (χ1v) is 25.3. The molecule has 0 aromatic carbocycles. The third-order valence-corrected chi connectivity index (χ3v) is 13.8. The first kappa shape index (κ1) is 52.9. The van der Waals surface area contributed by atoms with Crippen molar-refractivity contribution in [2.24, 2.45) is 23.5 Å². The highest BCUT2D eigenvalue weighted by Gasteiger charge is 2.40. The van der Waals surface area contributed by atoms with Crippen LogP contribution in [-0.2, 0) is 27.5 Å². The van der Waals surface area contributed by atoms with E-state index in [0.29, 0.717) is 26.4 Å². The lowest BCUT2D eigenvalue weighted by Gasteiger charge is -2.30. The Morgan fingerprint density at radius 2 is 0.679 bits per heavy atom. The molecule has 0 rings (SSSR count). The molecule has 2 N–H and O–H groups in total. The van der Waals surface area contributed by atoms with Crippen LogP contribution >= 0.6 is 0 Å². The van der Waals surface area contributed by atoms with E-state index < -0.39 is 8.80 Å². The zero-order valence-corrected chi connectivity index (χ0v) is 37.7. The zero-order valence-electron chi connectivity index (χ0n) is 36.7. The smallest absolute Gasteiger partial charge is 0.381 e. The van der Waals surface area contributed by atoms with Crippen molar-refractivity contribution in [3.63, 3.8) is 0 Å². The summed E-state index contributed by atoms with van der Waals surface area (Å²) in [6.07, 6.45) is 29.6. The Morgan fingerprint density at radius 1 is 0.377 bits per heavy atom. The van der Waals surface area contributed by atoms with Crippen LogP contribution in [0.2, 0.25) is 6.04 Å². The Hall–Kier alpha value is -0.0631. The van der Waals surface area contributed by atoms with Crippen molar-refractivity contribution < 1.29 is 27.5 Å². The van der Waals surface area contributed by atoms with Gasteiger partial charge in [-0.05, 0) is 88.5 Å². The quantitative estimate of drug-likeness (QED) is 0.0487. The summed E-state index contributed by atoms with van der Waals surface area (Å²) < 4.78 is 38.1. The second-order valence-corrected chi connectivity index (χ2v) is 18.6. The number of ether oxygens (including phenoxy) is 3. The van der Waals surface area contributed by atoms with Crippen LogP contribution in [0.4, 0.5) is 0 Å². The largest absolute Gasteiger partial charge is 0.501 e. The van der Waals surface area contributed by atoms with E-state index in [9.17, 15) is 0 Å². The van der Waals surface area contributed by atoms with E-state index >= 15 is 0 Å². The fourth-order valence-electron chi connectivity index (χ4n) is 6.77. The van der Waals surface area contributed by atoms with E-state index in [4.69, 9.17) is 33.2 Å². The minimum atomic E-state index is -2.80. The maximum absolute atomic E-state index is 6.65. The minimum Gasteiger partial charge on any atom is -0.381 e. The predicted octanol–water partition coefficient (Wildman–Crippen LogP) is 12.7. The second kappa shape index (κ2) is 41.6. The molecule has 0 bridgehead atoms. The van der Waals surface area contributed by atoms with Gasteiger partial charge in [-0.2, -0.15) is 0 Å². The van der Waals surface area contributed by atoms with Crippen LogP contribution in [0.5, 0.6) is 0 Å². The van der Waals surface area contributed by atoms with Crippen LogP contribution in [0.25, 0.3) is 0 Å². The van der Waals surface area contributed by atoms with Gasteiger partial charge in [0.2, 0.25) is 0 Å². The molecule has 0 spiro atoms. The van der Waals surface area contributed by atoms with Gasteiger partial charge in [-0.3, -0.25) is 0 Å². The summed E-state index contributed by atoms with van der Waals surface area (Å²) in [6, 6.07) is 0.808. The lowest BCUT2D eigenvalue weighted by molar-refractivity contribution is 0.0536. The van der Waals surface area contributed by atoms with Crippen LogP contribution in [-0.4, -0.2) is 74.8 Å². The highest BCUT2D eigenvalue weighted by Crippen LogP contribution is 2.22. The molecule has 0 aliphatic heterocycles. The Kier molecular flexibility index (Phi) is 41.5. The number of hydrogen-bond acceptors (Lipinski definition) is 7. The van der Waals surface area contributed by atoms with Crippen LogP contribution < -0.4 is 5.73 Å². The average molecular weight is 774 g/mol. The Balaban J connectivity index is 4.69. The maximum atomic E-state index is 6.65. The standard InChI is InChI=1S/C45H95NO6Si/c1-7-13-29-43(10-4)40-47-33-22-16-19-25-36-50-53(39-28-32-46,51-37-26-20-17-23-34-48-41-44(11-5)30-14-8-2)52-38-27-21-18-24-35-49-42-45(12-6)31-15-9-3/h43-45H,7-42,46H2,1-6H3. The van der Waals surface area contributed by atoms with Gasteiger partial charge in [0.1, 0.15) is 0 Å². The summed E-state index contributed by atoms with van der Waals surface area (Å²) in [6.45, 7) is 21.8. The molecular formula is C45H95NO6Si. The molecule has 3 unspecified atom stereocenters. The summed E-state index contributed by atoms with van der Waals surface area (Å²) in [5, 5.41) is 0. The van der Waals surface area contributed by atoms with Gasteiger partial charge < -0.3 is 33.2 Å². The molecule has 0 aromatic heterocycles. The number of rotatable bonds is 45. The van der Waals surface area contributed by atoms with E-state index in [1.807, 2.05) is 0 Å². The fraction of sp³-hybridized carbons (Fsp3) is 1.00. The van der Waals surface area contributed by atoms with E-state index in [1.54, 1.807) is 0 Å². The third-order valence-electron chi connectivity index (χ3n) is 10.9. The minimum absolute atomic E-state index is 0.636. The number of hydrogen-bond donors (Lipinski definition) is 1. The molecule has 0 amide bonds. The molecular weight excluding hydrogens is 679 g/mol. The molecule has 3 atom stereocenters. The van der Waals surface area contributed by atoms with Crippen LogP contribution in [0.3, 0.4) is 0 Å². The summed E-state index contributed by atoms with van der Waals surface area (Å²) >= 11 is 0. The van der Waals surface area contributed by atoms with Crippen molar-refractivity contribution in [3.8, 4) is 0 Å². The SMILES string of the molecule is CCCCC(CC)COCCCCCCO[Si](CCCN)(OCCCCCCOCC(CC)CCCC)OCCCCCCOCC(CC)CCCC. The summed E-state index contributed by atoms with van der Waals surface area (Å²) in [5.74, 6) is 2.15. The van der Waals surface area contributed by atoms with Crippen molar-refractivity contribution in [3.05, 3.63) is 0 Å². The summed E-state index contributed by atoms with van der Waals surface area (Å²) in [5.41, 5.74) is 6.01.